The van der Waals surface area contributed by atoms with Crippen LogP contribution in [0.1, 0.15) is 30.1 Å². The number of ether oxygens (including phenoxy) is 1. The number of carbonyl (C=O) groups is 1. The first-order valence-corrected chi connectivity index (χ1v) is 5.87. The smallest absolute Gasteiger partial charge is 0.148 e. The Morgan fingerprint density at radius 2 is 2.27 bits per heavy atom. The van der Waals surface area contributed by atoms with E-state index in [4.69, 9.17) is 4.74 Å². The van der Waals surface area contributed by atoms with E-state index in [1.165, 1.54) is 5.56 Å². The van der Waals surface area contributed by atoms with Crippen LogP contribution in [0.15, 0.2) is 22.7 Å². The first-order valence-electron chi connectivity index (χ1n) is 5.07. The van der Waals surface area contributed by atoms with E-state index in [-0.39, 0.29) is 12.2 Å². The van der Waals surface area contributed by atoms with Crippen molar-refractivity contribution in [1.82, 2.24) is 0 Å². The minimum atomic E-state index is -0.219. The third-order valence-electron chi connectivity index (χ3n) is 2.71. The predicted molar refractivity (Wildman–Crippen MR) is 61.8 cm³/mol. The lowest BCUT2D eigenvalue weighted by Crippen LogP contribution is -2.07. The van der Waals surface area contributed by atoms with Crippen LogP contribution >= 0.6 is 15.9 Å². The molecule has 2 nitrogen and oxygen atoms in total. The molecule has 2 rings (SSSR count). The molecule has 1 saturated heterocycles. The fraction of sp³-hybridized carbons (Fsp3) is 0.417. The molecule has 0 aromatic heterocycles. The van der Waals surface area contributed by atoms with Gasteiger partial charge in [0.2, 0.25) is 0 Å². The SMILES string of the molecule is Cc1ccc(C2CCC(C=O)O2)c(Br)c1. The summed E-state index contributed by atoms with van der Waals surface area (Å²) in [4.78, 5) is 10.6. The quantitative estimate of drug-likeness (QED) is 0.771. The predicted octanol–water partition coefficient (Wildman–Crippen LogP) is 3.18. The molecule has 2 atom stereocenters. The summed E-state index contributed by atoms with van der Waals surface area (Å²) in [6.07, 6.45) is 2.49. The molecule has 0 spiro atoms. The summed E-state index contributed by atoms with van der Waals surface area (Å²) in [6, 6.07) is 6.21. The summed E-state index contributed by atoms with van der Waals surface area (Å²) in [5.74, 6) is 0. The van der Waals surface area contributed by atoms with Gasteiger partial charge in [-0.1, -0.05) is 28.1 Å². The largest absolute Gasteiger partial charge is 0.363 e. The molecule has 3 heteroatoms. The number of rotatable bonds is 2. The molecule has 1 aliphatic heterocycles. The maximum absolute atomic E-state index is 10.6. The summed E-state index contributed by atoms with van der Waals surface area (Å²) in [5, 5.41) is 0. The van der Waals surface area contributed by atoms with Crippen LogP contribution in [0.25, 0.3) is 0 Å². The van der Waals surface area contributed by atoms with Gasteiger partial charge in [0.05, 0.1) is 6.10 Å². The van der Waals surface area contributed by atoms with Gasteiger partial charge in [0.15, 0.2) is 0 Å². The fourth-order valence-corrected chi connectivity index (χ4v) is 2.63. The molecule has 1 aliphatic rings. The highest BCUT2D eigenvalue weighted by Crippen LogP contribution is 2.36. The van der Waals surface area contributed by atoms with Crippen molar-refractivity contribution in [2.45, 2.75) is 32.0 Å². The van der Waals surface area contributed by atoms with Gasteiger partial charge in [0.25, 0.3) is 0 Å². The van der Waals surface area contributed by atoms with Gasteiger partial charge in [-0.3, -0.25) is 0 Å². The van der Waals surface area contributed by atoms with Crippen LogP contribution in [-0.2, 0) is 9.53 Å². The van der Waals surface area contributed by atoms with Gasteiger partial charge < -0.3 is 9.53 Å². The van der Waals surface area contributed by atoms with Crippen molar-refractivity contribution in [2.24, 2.45) is 0 Å². The lowest BCUT2D eigenvalue weighted by molar-refractivity contribution is -0.117. The number of aldehydes is 1. The van der Waals surface area contributed by atoms with Crippen LogP contribution in [0.2, 0.25) is 0 Å². The van der Waals surface area contributed by atoms with Crippen molar-refractivity contribution in [1.29, 1.82) is 0 Å². The maximum atomic E-state index is 10.6. The van der Waals surface area contributed by atoms with Gasteiger partial charge in [0, 0.05) is 4.47 Å². The Hall–Kier alpha value is -0.670. The van der Waals surface area contributed by atoms with Crippen molar-refractivity contribution in [3.63, 3.8) is 0 Å². The van der Waals surface area contributed by atoms with Crippen LogP contribution in [0.4, 0.5) is 0 Å². The molecule has 0 saturated carbocycles. The minimum Gasteiger partial charge on any atom is -0.363 e. The van der Waals surface area contributed by atoms with Gasteiger partial charge in [-0.2, -0.15) is 0 Å². The third kappa shape index (κ3) is 2.29. The number of carbonyl (C=O) groups excluding carboxylic acids is 1. The fourth-order valence-electron chi connectivity index (χ4n) is 1.88. The zero-order chi connectivity index (χ0) is 10.8. The van der Waals surface area contributed by atoms with E-state index in [0.717, 1.165) is 29.2 Å². The molecule has 1 aromatic carbocycles. The molecule has 80 valence electrons. The number of benzene rings is 1. The summed E-state index contributed by atoms with van der Waals surface area (Å²) in [5.41, 5.74) is 2.36. The minimum absolute atomic E-state index is 0.0650. The highest BCUT2D eigenvalue weighted by Gasteiger charge is 2.27. The second kappa shape index (κ2) is 4.45. The summed E-state index contributed by atoms with van der Waals surface area (Å²) in [6.45, 7) is 2.05. The zero-order valence-electron chi connectivity index (χ0n) is 8.57. The number of halogens is 1. The maximum Gasteiger partial charge on any atom is 0.148 e. The normalized spacial score (nSPS) is 25.5. The van der Waals surface area contributed by atoms with Crippen LogP contribution in [0, 0.1) is 6.92 Å². The van der Waals surface area contributed by atoms with Gasteiger partial charge in [-0.25, -0.2) is 0 Å². The second-order valence-electron chi connectivity index (χ2n) is 3.90. The second-order valence-corrected chi connectivity index (χ2v) is 4.76. The Labute approximate surface area is 97.8 Å². The topological polar surface area (TPSA) is 26.3 Å². The number of hydrogen-bond donors (Lipinski definition) is 0. The number of hydrogen-bond acceptors (Lipinski definition) is 2. The Morgan fingerprint density at radius 3 is 2.87 bits per heavy atom. The Morgan fingerprint density at radius 1 is 1.47 bits per heavy atom. The molecule has 1 aromatic rings. The van der Waals surface area contributed by atoms with Gasteiger partial charge >= 0.3 is 0 Å². The van der Waals surface area contributed by atoms with Crippen molar-refractivity contribution in [3.05, 3.63) is 33.8 Å². The van der Waals surface area contributed by atoms with E-state index in [1.54, 1.807) is 0 Å². The molecule has 15 heavy (non-hydrogen) atoms. The molecule has 0 bridgehead atoms. The molecule has 1 fully saturated rings. The van der Waals surface area contributed by atoms with Crippen LogP contribution in [-0.4, -0.2) is 12.4 Å². The Bertz CT molecular complexity index is 376. The Balaban J connectivity index is 2.20. The van der Waals surface area contributed by atoms with Crippen molar-refractivity contribution in [3.8, 4) is 0 Å². The average molecular weight is 269 g/mol. The standard InChI is InChI=1S/C12H13BrO2/c1-8-2-4-10(11(13)6-8)12-5-3-9(7-14)15-12/h2,4,6-7,9,12H,3,5H2,1H3. The number of aryl methyl sites for hydroxylation is 1. The molecule has 1 heterocycles. The molecular weight excluding hydrogens is 256 g/mol. The molecular formula is C12H13BrO2. The molecule has 0 radical (unpaired) electrons. The van der Waals surface area contributed by atoms with Crippen LogP contribution in [0.3, 0.4) is 0 Å². The monoisotopic (exact) mass is 268 g/mol. The lowest BCUT2D eigenvalue weighted by atomic mass is 10.0. The van der Waals surface area contributed by atoms with Crippen molar-refractivity contribution < 1.29 is 9.53 Å². The summed E-state index contributed by atoms with van der Waals surface area (Å²) in [7, 11) is 0. The van der Waals surface area contributed by atoms with Crippen molar-refractivity contribution in [2.75, 3.05) is 0 Å². The molecule has 0 aliphatic carbocycles. The van der Waals surface area contributed by atoms with E-state index in [2.05, 4.69) is 41.1 Å². The summed E-state index contributed by atoms with van der Waals surface area (Å²) >= 11 is 3.53. The van der Waals surface area contributed by atoms with E-state index >= 15 is 0 Å². The zero-order valence-corrected chi connectivity index (χ0v) is 10.2. The van der Waals surface area contributed by atoms with Crippen LogP contribution in [0.5, 0.6) is 0 Å². The molecule has 0 N–H and O–H groups in total. The van der Waals surface area contributed by atoms with Crippen molar-refractivity contribution >= 4 is 22.2 Å². The first kappa shape index (κ1) is 10.8. The third-order valence-corrected chi connectivity index (χ3v) is 3.39. The Kier molecular flexibility index (Phi) is 3.22. The lowest BCUT2D eigenvalue weighted by Gasteiger charge is -2.13. The van der Waals surface area contributed by atoms with E-state index < -0.39 is 0 Å². The average Bonchev–Trinajstić information content (AvgIpc) is 2.66. The highest BCUT2D eigenvalue weighted by molar-refractivity contribution is 9.10. The first-order chi connectivity index (χ1) is 7.20. The van der Waals surface area contributed by atoms with Gasteiger partial charge in [0.1, 0.15) is 12.4 Å². The van der Waals surface area contributed by atoms with Gasteiger partial charge in [-0.15, -0.1) is 0 Å². The van der Waals surface area contributed by atoms with Crippen LogP contribution < -0.4 is 0 Å². The van der Waals surface area contributed by atoms with Gasteiger partial charge in [-0.05, 0) is 37.0 Å². The van der Waals surface area contributed by atoms with E-state index in [9.17, 15) is 4.79 Å². The van der Waals surface area contributed by atoms with E-state index in [1.807, 2.05) is 0 Å². The molecule has 0 amide bonds. The molecule has 2 unspecified atom stereocenters. The highest BCUT2D eigenvalue weighted by atomic mass is 79.9. The summed E-state index contributed by atoms with van der Waals surface area (Å²) < 4.78 is 6.69. The van der Waals surface area contributed by atoms with E-state index in [0.29, 0.717) is 0 Å².